The van der Waals surface area contributed by atoms with Crippen LogP contribution in [0.1, 0.15) is 11.1 Å². The summed E-state index contributed by atoms with van der Waals surface area (Å²) >= 11 is 1.50. The van der Waals surface area contributed by atoms with Crippen molar-refractivity contribution in [2.45, 2.75) is 17.9 Å². The van der Waals surface area contributed by atoms with Gasteiger partial charge in [-0.2, -0.15) is 11.3 Å². The second kappa shape index (κ2) is 6.17. The molecular formula is C13H13NO4S2. The first kappa shape index (κ1) is 14.7. The van der Waals surface area contributed by atoms with E-state index in [2.05, 4.69) is 4.72 Å². The van der Waals surface area contributed by atoms with Gasteiger partial charge in [0.25, 0.3) is 0 Å². The van der Waals surface area contributed by atoms with Crippen LogP contribution in [0.2, 0.25) is 0 Å². The Morgan fingerprint density at radius 3 is 2.40 bits per heavy atom. The molecule has 0 amide bonds. The zero-order valence-corrected chi connectivity index (χ0v) is 12.1. The third kappa shape index (κ3) is 3.89. The number of carbonyl (C=O) groups is 1. The molecule has 2 N–H and O–H groups in total. The van der Waals surface area contributed by atoms with Gasteiger partial charge in [-0.25, -0.2) is 13.1 Å². The third-order valence-corrected chi connectivity index (χ3v) is 4.78. The number of benzene rings is 1. The van der Waals surface area contributed by atoms with Gasteiger partial charge >= 0.3 is 5.97 Å². The standard InChI is InChI=1S/C13H13NO4S2/c15-13(16)7-10-1-3-12(4-2-10)20(17,18)14-8-11-5-6-19-9-11/h1-6,9,14H,7-8H2,(H,15,16). The number of aliphatic carboxylic acids is 1. The zero-order valence-electron chi connectivity index (χ0n) is 10.4. The quantitative estimate of drug-likeness (QED) is 0.853. The summed E-state index contributed by atoms with van der Waals surface area (Å²) in [4.78, 5) is 10.7. The highest BCUT2D eigenvalue weighted by Crippen LogP contribution is 2.12. The van der Waals surface area contributed by atoms with E-state index in [9.17, 15) is 13.2 Å². The minimum absolute atomic E-state index is 0.122. The molecule has 0 radical (unpaired) electrons. The lowest BCUT2D eigenvalue weighted by Crippen LogP contribution is -2.23. The predicted molar refractivity (Wildman–Crippen MR) is 76.1 cm³/mol. The van der Waals surface area contributed by atoms with E-state index in [1.54, 1.807) is 0 Å². The van der Waals surface area contributed by atoms with E-state index in [0.29, 0.717) is 5.56 Å². The molecule has 1 aromatic heterocycles. The molecule has 1 aromatic carbocycles. The summed E-state index contributed by atoms with van der Waals surface area (Å²) in [5.74, 6) is -0.948. The van der Waals surface area contributed by atoms with Crippen LogP contribution in [0.3, 0.4) is 0 Å². The van der Waals surface area contributed by atoms with Gasteiger partial charge in [0.2, 0.25) is 10.0 Å². The van der Waals surface area contributed by atoms with Crippen LogP contribution in [0.15, 0.2) is 46.0 Å². The van der Waals surface area contributed by atoms with E-state index in [1.807, 2.05) is 16.8 Å². The summed E-state index contributed by atoms with van der Waals surface area (Å²) in [6.45, 7) is 0.239. The van der Waals surface area contributed by atoms with Crippen molar-refractivity contribution in [2.24, 2.45) is 0 Å². The van der Waals surface area contributed by atoms with Crippen molar-refractivity contribution < 1.29 is 18.3 Å². The highest BCUT2D eigenvalue weighted by molar-refractivity contribution is 7.89. The van der Waals surface area contributed by atoms with E-state index in [-0.39, 0.29) is 17.9 Å². The Labute approximate surface area is 120 Å². The summed E-state index contributed by atoms with van der Waals surface area (Å²) in [5, 5.41) is 12.4. The summed E-state index contributed by atoms with van der Waals surface area (Å²) in [7, 11) is -3.57. The Hall–Kier alpha value is -1.70. The molecule has 0 unspecified atom stereocenters. The number of carboxylic acids is 1. The number of sulfonamides is 1. The smallest absolute Gasteiger partial charge is 0.307 e. The second-order valence-electron chi connectivity index (χ2n) is 4.17. The summed E-state index contributed by atoms with van der Waals surface area (Å²) in [5.41, 5.74) is 1.47. The average molecular weight is 311 g/mol. The molecule has 0 atom stereocenters. The van der Waals surface area contributed by atoms with Gasteiger partial charge in [0.05, 0.1) is 11.3 Å². The SMILES string of the molecule is O=C(O)Cc1ccc(S(=O)(=O)NCc2ccsc2)cc1. The molecule has 5 nitrogen and oxygen atoms in total. The molecule has 1 heterocycles. The number of thiophene rings is 1. The molecule has 106 valence electrons. The van der Waals surface area contributed by atoms with Crippen molar-refractivity contribution in [1.82, 2.24) is 4.72 Å². The Balaban J connectivity index is 2.07. The Kier molecular flexibility index (Phi) is 4.53. The van der Waals surface area contributed by atoms with Gasteiger partial charge in [-0.05, 0) is 40.1 Å². The molecule has 0 aliphatic rings. The zero-order chi connectivity index (χ0) is 14.6. The summed E-state index contributed by atoms with van der Waals surface area (Å²) in [6, 6.07) is 7.69. The third-order valence-electron chi connectivity index (χ3n) is 2.64. The lowest BCUT2D eigenvalue weighted by molar-refractivity contribution is -0.136. The fourth-order valence-electron chi connectivity index (χ4n) is 1.62. The molecule has 20 heavy (non-hydrogen) atoms. The predicted octanol–water partition coefficient (Wildman–Crippen LogP) is 1.85. The monoisotopic (exact) mass is 311 g/mol. The molecule has 0 aliphatic carbocycles. The normalized spacial score (nSPS) is 11.4. The maximum Gasteiger partial charge on any atom is 0.307 e. The van der Waals surface area contributed by atoms with Crippen LogP contribution in [0, 0.1) is 0 Å². The maximum atomic E-state index is 12.0. The number of hydrogen-bond donors (Lipinski definition) is 2. The van der Waals surface area contributed by atoms with Gasteiger partial charge in [0, 0.05) is 6.54 Å². The molecule has 0 aliphatic heterocycles. The first-order chi connectivity index (χ1) is 9.47. The highest BCUT2D eigenvalue weighted by atomic mass is 32.2. The van der Waals surface area contributed by atoms with Gasteiger partial charge in [-0.3, -0.25) is 4.79 Å². The fraction of sp³-hybridized carbons (Fsp3) is 0.154. The summed E-state index contributed by atoms with van der Waals surface area (Å²) < 4.78 is 26.6. The van der Waals surface area contributed by atoms with Gasteiger partial charge in [0.15, 0.2) is 0 Å². The average Bonchev–Trinajstić information content (AvgIpc) is 2.89. The van der Waals surface area contributed by atoms with Crippen LogP contribution in [-0.4, -0.2) is 19.5 Å². The number of rotatable bonds is 6. The van der Waals surface area contributed by atoms with Crippen LogP contribution < -0.4 is 4.72 Å². The van der Waals surface area contributed by atoms with E-state index in [4.69, 9.17) is 5.11 Å². The number of hydrogen-bond acceptors (Lipinski definition) is 4. The van der Waals surface area contributed by atoms with Crippen molar-refractivity contribution in [3.8, 4) is 0 Å². The molecular weight excluding hydrogens is 298 g/mol. The van der Waals surface area contributed by atoms with E-state index in [1.165, 1.54) is 35.6 Å². The van der Waals surface area contributed by atoms with E-state index < -0.39 is 16.0 Å². The van der Waals surface area contributed by atoms with Crippen LogP contribution >= 0.6 is 11.3 Å². The van der Waals surface area contributed by atoms with Gasteiger partial charge in [-0.15, -0.1) is 0 Å². The van der Waals surface area contributed by atoms with E-state index >= 15 is 0 Å². The Morgan fingerprint density at radius 1 is 1.15 bits per heavy atom. The van der Waals surface area contributed by atoms with Gasteiger partial charge < -0.3 is 5.11 Å². The lowest BCUT2D eigenvalue weighted by atomic mass is 10.2. The molecule has 2 rings (SSSR count). The van der Waals surface area contributed by atoms with Crippen LogP contribution in [-0.2, 0) is 27.8 Å². The van der Waals surface area contributed by atoms with Crippen LogP contribution in [0.4, 0.5) is 0 Å². The molecule has 7 heteroatoms. The van der Waals surface area contributed by atoms with Crippen molar-refractivity contribution in [3.63, 3.8) is 0 Å². The second-order valence-corrected chi connectivity index (χ2v) is 6.72. The van der Waals surface area contributed by atoms with Crippen molar-refractivity contribution in [1.29, 1.82) is 0 Å². The van der Waals surface area contributed by atoms with Gasteiger partial charge in [-0.1, -0.05) is 12.1 Å². The minimum atomic E-state index is -3.57. The van der Waals surface area contributed by atoms with E-state index in [0.717, 1.165) is 5.56 Å². The molecule has 0 bridgehead atoms. The molecule has 2 aromatic rings. The lowest BCUT2D eigenvalue weighted by Gasteiger charge is -2.06. The Morgan fingerprint density at radius 2 is 1.85 bits per heavy atom. The number of carboxylic acid groups (broad SMARTS) is 1. The molecule has 0 spiro atoms. The molecule has 0 saturated carbocycles. The Bertz CT molecular complexity index is 676. The van der Waals surface area contributed by atoms with Crippen molar-refractivity contribution in [3.05, 3.63) is 52.2 Å². The topological polar surface area (TPSA) is 83.5 Å². The number of nitrogens with one attached hydrogen (secondary N) is 1. The van der Waals surface area contributed by atoms with Crippen molar-refractivity contribution in [2.75, 3.05) is 0 Å². The molecule has 0 saturated heterocycles. The van der Waals surface area contributed by atoms with Gasteiger partial charge in [0.1, 0.15) is 0 Å². The molecule has 0 fully saturated rings. The largest absolute Gasteiger partial charge is 0.481 e. The highest BCUT2D eigenvalue weighted by Gasteiger charge is 2.13. The van der Waals surface area contributed by atoms with Crippen molar-refractivity contribution >= 4 is 27.3 Å². The summed E-state index contributed by atoms with van der Waals surface area (Å²) in [6.07, 6.45) is -0.122. The van der Waals surface area contributed by atoms with Crippen LogP contribution in [0.25, 0.3) is 0 Å². The first-order valence-corrected chi connectivity index (χ1v) is 8.21. The first-order valence-electron chi connectivity index (χ1n) is 5.79. The fourth-order valence-corrected chi connectivity index (χ4v) is 3.30. The van der Waals surface area contributed by atoms with Crippen LogP contribution in [0.5, 0.6) is 0 Å². The minimum Gasteiger partial charge on any atom is -0.481 e. The maximum absolute atomic E-state index is 12.0.